The molecule has 0 saturated heterocycles. The Bertz CT molecular complexity index is 2120. The zero-order valence-electron chi connectivity index (χ0n) is 25.0. The van der Waals surface area contributed by atoms with Gasteiger partial charge in [-0.1, -0.05) is 129 Å². The molecular weight excluding hydrogens is 530 g/mol. The van der Waals surface area contributed by atoms with E-state index in [1.54, 1.807) is 0 Å². The highest BCUT2D eigenvalue weighted by molar-refractivity contribution is 5.88. The van der Waals surface area contributed by atoms with Crippen LogP contribution in [0.2, 0.25) is 0 Å². The normalized spacial score (nSPS) is 13.0. The van der Waals surface area contributed by atoms with Gasteiger partial charge in [0, 0.05) is 22.5 Å². The lowest BCUT2D eigenvalue weighted by Crippen LogP contribution is -2.14. The van der Waals surface area contributed by atoms with Gasteiger partial charge < -0.3 is 4.90 Å². The van der Waals surface area contributed by atoms with Crippen LogP contribution in [0, 0.1) is 0 Å². The number of anilines is 3. The molecule has 1 heteroatoms. The quantitative estimate of drug-likeness (QED) is 0.201. The second-order valence-corrected chi connectivity index (χ2v) is 12.3. The Kier molecular flexibility index (Phi) is 6.20. The molecule has 0 heterocycles. The van der Waals surface area contributed by atoms with Crippen LogP contribution in [0.5, 0.6) is 0 Å². The number of fused-ring (bicyclic) bond motifs is 4. The van der Waals surface area contributed by atoms with Crippen molar-refractivity contribution in [3.8, 4) is 33.4 Å². The van der Waals surface area contributed by atoms with Gasteiger partial charge >= 0.3 is 0 Å². The van der Waals surface area contributed by atoms with E-state index in [-0.39, 0.29) is 5.41 Å². The van der Waals surface area contributed by atoms with Gasteiger partial charge in [0.15, 0.2) is 0 Å². The first-order valence-corrected chi connectivity index (χ1v) is 15.4. The summed E-state index contributed by atoms with van der Waals surface area (Å²) in [6, 6.07) is 59.6. The first-order valence-electron chi connectivity index (χ1n) is 15.4. The fourth-order valence-corrected chi connectivity index (χ4v) is 6.90. The summed E-state index contributed by atoms with van der Waals surface area (Å²) in [4.78, 5) is 2.33. The molecule has 1 nitrogen and oxygen atoms in total. The fourth-order valence-electron chi connectivity index (χ4n) is 6.90. The van der Waals surface area contributed by atoms with Gasteiger partial charge in [0.2, 0.25) is 0 Å². The lowest BCUT2D eigenvalue weighted by molar-refractivity contribution is 0.660. The molecule has 0 aliphatic heterocycles. The molecule has 0 N–H and O–H groups in total. The molecule has 0 fully saturated rings. The highest BCUT2D eigenvalue weighted by Crippen LogP contribution is 2.49. The summed E-state index contributed by atoms with van der Waals surface area (Å²) in [5.74, 6) is 0. The summed E-state index contributed by atoms with van der Waals surface area (Å²) < 4.78 is 0. The van der Waals surface area contributed by atoms with Crippen molar-refractivity contribution >= 4 is 27.8 Å². The molecule has 8 rings (SSSR count). The number of nitrogens with zero attached hydrogens (tertiary/aromatic N) is 1. The molecule has 0 saturated carbocycles. The van der Waals surface area contributed by atoms with Crippen LogP contribution < -0.4 is 4.90 Å². The second kappa shape index (κ2) is 10.4. The van der Waals surface area contributed by atoms with E-state index in [0.29, 0.717) is 0 Å². The van der Waals surface area contributed by atoms with Crippen LogP contribution in [0.3, 0.4) is 0 Å². The molecule has 0 atom stereocenters. The van der Waals surface area contributed by atoms with Crippen molar-refractivity contribution in [2.45, 2.75) is 19.3 Å². The van der Waals surface area contributed by atoms with E-state index in [9.17, 15) is 0 Å². The van der Waals surface area contributed by atoms with Crippen molar-refractivity contribution in [3.63, 3.8) is 0 Å². The van der Waals surface area contributed by atoms with E-state index in [1.165, 1.54) is 55.3 Å². The summed E-state index contributed by atoms with van der Waals surface area (Å²) in [7, 11) is 0. The topological polar surface area (TPSA) is 3.24 Å². The maximum Gasteiger partial charge on any atom is 0.0462 e. The average molecular weight is 564 g/mol. The van der Waals surface area contributed by atoms with E-state index in [0.717, 1.165) is 17.1 Å². The first-order chi connectivity index (χ1) is 21.6. The first kappa shape index (κ1) is 26.2. The molecule has 0 amide bonds. The highest BCUT2D eigenvalue weighted by Gasteiger charge is 2.35. The van der Waals surface area contributed by atoms with Crippen LogP contribution >= 0.6 is 0 Å². The molecule has 44 heavy (non-hydrogen) atoms. The predicted molar refractivity (Wildman–Crippen MR) is 187 cm³/mol. The zero-order chi connectivity index (χ0) is 29.7. The monoisotopic (exact) mass is 563 g/mol. The van der Waals surface area contributed by atoms with Crippen LogP contribution in [0.15, 0.2) is 164 Å². The third-order valence-corrected chi connectivity index (χ3v) is 9.27. The number of para-hydroxylation sites is 1. The molecule has 7 aromatic rings. The number of hydrogen-bond donors (Lipinski definition) is 0. The van der Waals surface area contributed by atoms with E-state index in [1.807, 2.05) is 0 Å². The number of hydrogen-bond acceptors (Lipinski definition) is 1. The minimum atomic E-state index is 0.0222. The van der Waals surface area contributed by atoms with Crippen molar-refractivity contribution in [2.24, 2.45) is 0 Å². The van der Waals surface area contributed by atoms with E-state index >= 15 is 0 Å². The molecule has 0 radical (unpaired) electrons. The molecule has 0 unspecified atom stereocenters. The van der Waals surface area contributed by atoms with Gasteiger partial charge in [-0.15, -0.1) is 0 Å². The van der Waals surface area contributed by atoms with Crippen molar-refractivity contribution in [2.75, 3.05) is 4.90 Å². The van der Waals surface area contributed by atoms with Gasteiger partial charge in [0.25, 0.3) is 0 Å². The Morgan fingerprint density at radius 1 is 0.364 bits per heavy atom. The van der Waals surface area contributed by atoms with Crippen molar-refractivity contribution in [3.05, 3.63) is 175 Å². The molecule has 210 valence electrons. The maximum absolute atomic E-state index is 2.37. The van der Waals surface area contributed by atoms with E-state index in [4.69, 9.17) is 0 Å². The molecule has 0 spiro atoms. The van der Waals surface area contributed by atoms with Crippen LogP contribution in [0.4, 0.5) is 17.1 Å². The smallest absolute Gasteiger partial charge is 0.0462 e. The van der Waals surface area contributed by atoms with E-state index < -0.39 is 0 Å². The molecule has 0 aromatic heterocycles. The zero-order valence-corrected chi connectivity index (χ0v) is 25.0. The molecule has 7 aromatic carbocycles. The lowest BCUT2D eigenvalue weighted by Gasteiger charge is -2.26. The Hall–Kier alpha value is -5.40. The van der Waals surface area contributed by atoms with Crippen molar-refractivity contribution in [1.82, 2.24) is 0 Å². The summed E-state index contributed by atoms with van der Waals surface area (Å²) in [5.41, 5.74) is 13.8. The third kappa shape index (κ3) is 4.41. The van der Waals surface area contributed by atoms with Crippen molar-refractivity contribution in [1.29, 1.82) is 0 Å². The van der Waals surface area contributed by atoms with Crippen LogP contribution in [-0.2, 0) is 5.41 Å². The summed E-state index contributed by atoms with van der Waals surface area (Å²) >= 11 is 0. The Morgan fingerprint density at radius 3 is 1.57 bits per heavy atom. The molecule has 0 bridgehead atoms. The lowest BCUT2D eigenvalue weighted by atomic mass is 9.82. The van der Waals surface area contributed by atoms with Gasteiger partial charge in [0.1, 0.15) is 0 Å². The Balaban J connectivity index is 1.14. The third-order valence-electron chi connectivity index (χ3n) is 9.27. The molecule has 1 aliphatic carbocycles. The Morgan fingerprint density at radius 2 is 0.864 bits per heavy atom. The standard InChI is InChI=1S/C43H33N/c1-43(2)41-15-9-8-14-39(41)40-29-35(22-27-42(40)43)32-20-25-38(26-21-32)44(36-12-4-3-5-13-36)37-23-18-31(19-24-37)34-17-16-30-10-6-7-11-33(30)28-34/h3-29H,1-2H3. The fraction of sp³-hybridized carbons (Fsp3) is 0.0698. The van der Waals surface area contributed by atoms with Crippen LogP contribution in [-0.4, -0.2) is 0 Å². The number of benzene rings is 7. The molecular formula is C43H33N. The van der Waals surface area contributed by atoms with Crippen LogP contribution in [0.25, 0.3) is 44.2 Å². The Labute approximate surface area is 259 Å². The largest absolute Gasteiger partial charge is 0.311 e. The maximum atomic E-state index is 2.37. The minimum Gasteiger partial charge on any atom is -0.311 e. The van der Waals surface area contributed by atoms with Gasteiger partial charge in [-0.05, 0) is 104 Å². The highest BCUT2D eigenvalue weighted by atomic mass is 15.1. The van der Waals surface area contributed by atoms with Gasteiger partial charge in [0.05, 0.1) is 0 Å². The summed E-state index contributed by atoms with van der Waals surface area (Å²) in [6.45, 7) is 4.66. The van der Waals surface area contributed by atoms with Gasteiger partial charge in [-0.2, -0.15) is 0 Å². The number of rotatable bonds is 5. The van der Waals surface area contributed by atoms with Crippen LogP contribution in [0.1, 0.15) is 25.0 Å². The van der Waals surface area contributed by atoms with Crippen molar-refractivity contribution < 1.29 is 0 Å². The molecule has 1 aliphatic rings. The second-order valence-electron chi connectivity index (χ2n) is 12.3. The van der Waals surface area contributed by atoms with Gasteiger partial charge in [-0.25, -0.2) is 0 Å². The summed E-state index contributed by atoms with van der Waals surface area (Å²) in [6.07, 6.45) is 0. The SMILES string of the molecule is CC1(C)c2ccccc2-c2cc(-c3ccc(N(c4ccccc4)c4ccc(-c5ccc6ccccc6c5)cc4)cc3)ccc21. The predicted octanol–water partition coefficient (Wildman–Crippen LogP) is 11.9. The summed E-state index contributed by atoms with van der Waals surface area (Å²) in [5, 5.41) is 2.52. The van der Waals surface area contributed by atoms with Gasteiger partial charge in [-0.3, -0.25) is 0 Å². The van der Waals surface area contributed by atoms with E-state index in [2.05, 4.69) is 183 Å². The average Bonchev–Trinajstić information content (AvgIpc) is 3.31. The minimum absolute atomic E-state index is 0.0222.